The molecule has 0 bridgehead atoms. The van der Waals surface area contributed by atoms with Gasteiger partial charge in [0, 0.05) is 22.7 Å². The van der Waals surface area contributed by atoms with Crippen LogP contribution in [-0.2, 0) is 14.3 Å². The third kappa shape index (κ3) is 8.43. The molecule has 39 heavy (non-hydrogen) atoms. The van der Waals surface area contributed by atoms with Crippen molar-refractivity contribution in [2.75, 3.05) is 22.6 Å². The molecule has 0 radical (unpaired) electrons. The first-order valence-electron chi connectivity index (χ1n) is 12.8. The summed E-state index contributed by atoms with van der Waals surface area (Å²) < 4.78 is 5.21. The molecular formula is C29H33N3O5S2. The summed E-state index contributed by atoms with van der Waals surface area (Å²) >= 11 is 2.35. The van der Waals surface area contributed by atoms with Crippen molar-refractivity contribution >= 4 is 63.2 Å². The number of amides is 3. The average molecular weight is 568 g/mol. The van der Waals surface area contributed by atoms with Crippen LogP contribution in [0.15, 0.2) is 59.5 Å². The lowest BCUT2D eigenvalue weighted by molar-refractivity contribution is -0.116. The Morgan fingerprint density at radius 3 is 2.36 bits per heavy atom. The third-order valence-corrected chi connectivity index (χ3v) is 7.96. The molecule has 0 aliphatic heterocycles. The quantitative estimate of drug-likeness (QED) is 0.165. The normalized spacial score (nSPS) is 11.4. The fourth-order valence-electron chi connectivity index (χ4n) is 3.66. The maximum Gasteiger partial charge on any atom is 0.341 e. The van der Waals surface area contributed by atoms with Crippen molar-refractivity contribution in [2.45, 2.75) is 57.1 Å². The van der Waals surface area contributed by atoms with E-state index < -0.39 is 11.2 Å². The van der Waals surface area contributed by atoms with E-state index in [1.807, 2.05) is 43.3 Å². The summed E-state index contributed by atoms with van der Waals surface area (Å²) in [6.07, 6.45) is 2.22. The zero-order chi connectivity index (χ0) is 28.4. The lowest BCUT2D eigenvalue weighted by atomic mass is 10.1. The Morgan fingerprint density at radius 1 is 0.949 bits per heavy atom. The second-order valence-corrected chi connectivity index (χ2v) is 11.2. The van der Waals surface area contributed by atoms with Gasteiger partial charge in [0.15, 0.2) is 0 Å². The Balaban J connectivity index is 1.75. The van der Waals surface area contributed by atoms with Crippen LogP contribution in [0.2, 0.25) is 0 Å². The number of ether oxygens (including phenoxy) is 1. The van der Waals surface area contributed by atoms with Gasteiger partial charge in [-0.05, 0) is 63.1 Å². The topological polar surface area (TPSA) is 114 Å². The fraction of sp³-hybridized carbons (Fsp3) is 0.310. The molecule has 1 aromatic heterocycles. The first kappa shape index (κ1) is 29.9. The molecule has 3 N–H and O–H groups in total. The number of carbonyl (C=O) groups excluding carboxylic acids is 4. The molecule has 1 atom stereocenters. The van der Waals surface area contributed by atoms with Crippen LogP contribution in [0, 0.1) is 6.92 Å². The molecule has 3 aromatic rings. The highest BCUT2D eigenvalue weighted by Crippen LogP contribution is 2.35. The number of thioether (sulfide) groups is 1. The smallest absolute Gasteiger partial charge is 0.341 e. The minimum atomic E-state index is -0.605. The molecule has 0 aliphatic rings. The number of para-hydroxylation sites is 1. The highest BCUT2D eigenvalue weighted by molar-refractivity contribution is 8.00. The van der Waals surface area contributed by atoms with Gasteiger partial charge in [-0.15, -0.1) is 23.1 Å². The molecule has 3 rings (SSSR count). The number of unbranched alkanes of at least 4 members (excludes halogenated alkanes) is 1. The lowest BCUT2D eigenvalue weighted by Crippen LogP contribution is -2.23. The van der Waals surface area contributed by atoms with Crippen LogP contribution < -0.4 is 16.0 Å². The maximum absolute atomic E-state index is 13.2. The monoisotopic (exact) mass is 567 g/mol. The number of esters is 1. The van der Waals surface area contributed by atoms with Crippen LogP contribution in [0.25, 0.3) is 0 Å². The first-order chi connectivity index (χ1) is 18.7. The van der Waals surface area contributed by atoms with Crippen LogP contribution in [0.1, 0.15) is 65.6 Å². The van der Waals surface area contributed by atoms with Crippen molar-refractivity contribution in [1.29, 1.82) is 0 Å². The van der Waals surface area contributed by atoms with E-state index in [2.05, 4.69) is 16.0 Å². The highest BCUT2D eigenvalue weighted by Gasteiger charge is 2.28. The number of hydrogen-bond acceptors (Lipinski definition) is 7. The minimum absolute atomic E-state index is 0.0449. The third-order valence-electron chi connectivity index (χ3n) is 5.66. The largest absolute Gasteiger partial charge is 0.462 e. The van der Waals surface area contributed by atoms with Crippen molar-refractivity contribution in [1.82, 2.24) is 0 Å². The van der Waals surface area contributed by atoms with Crippen molar-refractivity contribution in [3.63, 3.8) is 0 Å². The number of thiophene rings is 1. The van der Waals surface area contributed by atoms with Crippen LogP contribution in [0.3, 0.4) is 0 Å². The summed E-state index contributed by atoms with van der Waals surface area (Å²) in [6.45, 7) is 7.30. The van der Waals surface area contributed by atoms with E-state index in [0.717, 1.165) is 29.1 Å². The van der Waals surface area contributed by atoms with Crippen LogP contribution in [0.4, 0.5) is 16.4 Å². The van der Waals surface area contributed by atoms with E-state index >= 15 is 0 Å². The summed E-state index contributed by atoms with van der Waals surface area (Å²) in [4.78, 5) is 52.1. The van der Waals surface area contributed by atoms with Crippen molar-refractivity contribution in [3.8, 4) is 0 Å². The Kier molecular flexibility index (Phi) is 11.1. The SMILES string of the molecule is CCCCC(=O)Nc1cccc(SC(C)C(=O)Nc2sc(C(=O)Nc3ccccc3)c(C)c2C(=O)OCC)c1. The van der Waals surface area contributed by atoms with E-state index in [1.54, 1.807) is 39.0 Å². The fourth-order valence-corrected chi connectivity index (χ4v) is 5.68. The molecule has 8 nitrogen and oxygen atoms in total. The van der Waals surface area contributed by atoms with Gasteiger partial charge < -0.3 is 20.7 Å². The highest BCUT2D eigenvalue weighted by atomic mass is 32.2. The summed E-state index contributed by atoms with van der Waals surface area (Å²) in [6, 6.07) is 16.3. The van der Waals surface area contributed by atoms with Crippen LogP contribution in [0.5, 0.6) is 0 Å². The molecule has 10 heteroatoms. The zero-order valence-electron chi connectivity index (χ0n) is 22.5. The molecule has 206 valence electrons. The van der Waals surface area contributed by atoms with E-state index in [0.29, 0.717) is 28.2 Å². The van der Waals surface area contributed by atoms with Crippen LogP contribution >= 0.6 is 23.1 Å². The summed E-state index contributed by atoms with van der Waals surface area (Å²) in [5.74, 6) is -1.36. The standard InChI is InChI=1S/C29H33N3O5S2/c1-5-7-16-23(33)30-21-14-11-15-22(17-21)38-19(4)26(34)32-28-24(29(36)37-6-2)18(3)25(39-28)27(35)31-20-12-9-8-10-13-20/h8-15,17,19H,5-7,16H2,1-4H3,(H,30,33)(H,31,35)(H,32,34). The van der Waals surface area contributed by atoms with Gasteiger partial charge in [-0.1, -0.05) is 37.6 Å². The zero-order valence-corrected chi connectivity index (χ0v) is 24.1. The van der Waals surface area contributed by atoms with Gasteiger partial charge >= 0.3 is 5.97 Å². The molecule has 3 amide bonds. The van der Waals surface area contributed by atoms with Gasteiger partial charge in [-0.3, -0.25) is 14.4 Å². The minimum Gasteiger partial charge on any atom is -0.462 e. The Hall–Kier alpha value is -3.63. The molecule has 0 saturated heterocycles. The van der Waals surface area contributed by atoms with E-state index in [-0.39, 0.29) is 34.9 Å². The first-order valence-corrected chi connectivity index (χ1v) is 14.5. The number of nitrogens with one attached hydrogen (secondary N) is 3. The number of hydrogen-bond donors (Lipinski definition) is 3. The van der Waals surface area contributed by atoms with Gasteiger partial charge in [0.1, 0.15) is 5.00 Å². The Labute approximate surface area is 236 Å². The van der Waals surface area contributed by atoms with Gasteiger partial charge in [0.05, 0.1) is 22.3 Å². The molecule has 0 fully saturated rings. The van der Waals surface area contributed by atoms with Gasteiger partial charge in [-0.25, -0.2) is 4.79 Å². The number of anilines is 3. The predicted molar refractivity (Wildman–Crippen MR) is 158 cm³/mol. The lowest BCUT2D eigenvalue weighted by Gasteiger charge is -2.13. The summed E-state index contributed by atoms with van der Waals surface area (Å²) in [5, 5.41) is 8.27. The molecule has 0 aliphatic carbocycles. The van der Waals surface area contributed by atoms with Crippen molar-refractivity contribution < 1.29 is 23.9 Å². The molecular weight excluding hydrogens is 534 g/mol. The maximum atomic E-state index is 13.2. The van der Waals surface area contributed by atoms with Gasteiger partial charge in [-0.2, -0.15) is 0 Å². The van der Waals surface area contributed by atoms with E-state index in [9.17, 15) is 19.2 Å². The van der Waals surface area contributed by atoms with Crippen molar-refractivity contribution in [2.24, 2.45) is 0 Å². The van der Waals surface area contributed by atoms with E-state index in [4.69, 9.17) is 4.74 Å². The summed E-state index contributed by atoms with van der Waals surface area (Å²) in [7, 11) is 0. The van der Waals surface area contributed by atoms with Gasteiger partial charge in [0.2, 0.25) is 11.8 Å². The molecule has 0 spiro atoms. The second-order valence-electron chi connectivity index (χ2n) is 8.73. The Morgan fingerprint density at radius 2 is 1.67 bits per heavy atom. The molecule has 2 aromatic carbocycles. The number of benzene rings is 2. The summed E-state index contributed by atoms with van der Waals surface area (Å²) in [5.41, 5.74) is 1.89. The molecule has 1 heterocycles. The van der Waals surface area contributed by atoms with Crippen LogP contribution in [-0.4, -0.2) is 35.5 Å². The average Bonchev–Trinajstić information content (AvgIpc) is 3.23. The van der Waals surface area contributed by atoms with Crippen molar-refractivity contribution in [3.05, 3.63) is 70.6 Å². The number of carbonyl (C=O) groups is 4. The number of rotatable bonds is 12. The molecule has 0 saturated carbocycles. The second kappa shape index (κ2) is 14.5. The predicted octanol–water partition coefficient (Wildman–Crippen LogP) is 6.73. The van der Waals surface area contributed by atoms with E-state index in [1.165, 1.54) is 11.8 Å². The Bertz CT molecular complexity index is 1320. The van der Waals surface area contributed by atoms with Gasteiger partial charge in [0.25, 0.3) is 5.91 Å². The molecule has 1 unspecified atom stereocenters.